The number of carbonyl (C=O) groups excluding carboxylic acids is 2. The van der Waals surface area contributed by atoms with Crippen LogP contribution in [0.4, 0.5) is 5.13 Å². The Morgan fingerprint density at radius 2 is 2.19 bits per heavy atom. The van der Waals surface area contributed by atoms with Gasteiger partial charge in [0.15, 0.2) is 11.7 Å². The predicted octanol–water partition coefficient (Wildman–Crippen LogP) is 2.47. The fraction of sp³-hybridized carbons (Fsp3) is 0.368. The number of benzene rings is 1. The number of nitriles is 1. The third kappa shape index (κ3) is 5.28. The summed E-state index contributed by atoms with van der Waals surface area (Å²) in [5, 5.41) is 13.9. The molecule has 2 amide bonds. The van der Waals surface area contributed by atoms with Crippen molar-refractivity contribution in [3.05, 3.63) is 41.4 Å². The largest absolute Gasteiger partial charge is 0.484 e. The quantitative estimate of drug-likeness (QED) is 0.825. The van der Waals surface area contributed by atoms with Crippen molar-refractivity contribution in [1.29, 1.82) is 5.26 Å². The SMILES string of the molecule is N#CCc1ccc(OCC(=O)N2CCCC(C(=O)Nc3nccs3)C2)cc1. The van der Waals surface area contributed by atoms with E-state index in [2.05, 4.69) is 16.4 Å². The fourth-order valence-electron chi connectivity index (χ4n) is 2.94. The fourth-order valence-corrected chi connectivity index (χ4v) is 3.47. The molecule has 7 nitrogen and oxygen atoms in total. The lowest BCUT2D eigenvalue weighted by atomic mass is 9.97. The highest BCUT2D eigenvalue weighted by Crippen LogP contribution is 2.20. The van der Waals surface area contributed by atoms with E-state index in [0.29, 0.717) is 30.4 Å². The highest BCUT2D eigenvalue weighted by Gasteiger charge is 2.28. The molecule has 8 heteroatoms. The molecule has 27 heavy (non-hydrogen) atoms. The average molecular weight is 384 g/mol. The molecule has 1 aromatic carbocycles. The van der Waals surface area contributed by atoms with Gasteiger partial charge in [-0.3, -0.25) is 9.59 Å². The normalized spacial score (nSPS) is 16.4. The van der Waals surface area contributed by atoms with Gasteiger partial charge in [0, 0.05) is 24.7 Å². The summed E-state index contributed by atoms with van der Waals surface area (Å²) in [6.07, 6.45) is 3.52. The van der Waals surface area contributed by atoms with Gasteiger partial charge in [-0.15, -0.1) is 11.3 Å². The Morgan fingerprint density at radius 3 is 2.89 bits per heavy atom. The molecule has 0 saturated carbocycles. The van der Waals surface area contributed by atoms with Crippen molar-refractivity contribution >= 4 is 28.3 Å². The van der Waals surface area contributed by atoms with E-state index in [9.17, 15) is 9.59 Å². The topological polar surface area (TPSA) is 95.3 Å². The van der Waals surface area contributed by atoms with Crippen molar-refractivity contribution in [3.8, 4) is 11.8 Å². The molecule has 3 rings (SSSR count). The van der Waals surface area contributed by atoms with Crippen LogP contribution < -0.4 is 10.1 Å². The molecular weight excluding hydrogens is 364 g/mol. The van der Waals surface area contributed by atoms with Crippen molar-refractivity contribution in [3.63, 3.8) is 0 Å². The van der Waals surface area contributed by atoms with Gasteiger partial charge in [0.05, 0.1) is 18.4 Å². The van der Waals surface area contributed by atoms with E-state index in [-0.39, 0.29) is 24.3 Å². The van der Waals surface area contributed by atoms with Crippen LogP contribution in [-0.4, -0.2) is 41.4 Å². The Labute approximate surface area is 161 Å². The number of anilines is 1. The first-order chi connectivity index (χ1) is 13.2. The summed E-state index contributed by atoms with van der Waals surface area (Å²) in [5.74, 6) is 0.108. The number of amides is 2. The van der Waals surface area contributed by atoms with Crippen molar-refractivity contribution < 1.29 is 14.3 Å². The Balaban J connectivity index is 1.49. The third-order valence-electron chi connectivity index (χ3n) is 4.38. The summed E-state index contributed by atoms with van der Waals surface area (Å²) in [7, 11) is 0. The zero-order chi connectivity index (χ0) is 19.1. The van der Waals surface area contributed by atoms with E-state index in [1.807, 2.05) is 12.1 Å². The molecule has 1 N–H and O–H groups in total. The first-order valence-corrected chi connectivity index (χ1v) is 9.60. The summed E-state index contributed by atoms with van der Waals surface area (Å²) in [5.41, 5.74) is 0.904. The van der Waals surface area contributed by atoms with Gasteiger partial charge in [0.1, 0.15) is 5.75 Å². The molecule has 0 radical (unpaired) electrons. The van der Waals surface area contributed by atoms with Gasteiger partial charge in [-0.25, -0.2) is 4.98 Å². The zero-order valence-corrected chi connectivity index (χ0v) is 15.6. The second-order valence-corrected chi connectivity index (χ2v) is 7.17. The van der Waals surface area contributed by atoms with Crippen LogP contribution >= 0.6 is 11.3 Å². The summed E-state index contributed by atoms with van der Waals surface area (Å²) < 4.78 is 5.55. The summed E-state index contributed by atoms with van der Waals surface area (Å²) in [6.45, 7) is 0.948. The lowest BCUT2D eigenvalue weighted by molar-refractivity contribution is -0.136. The number of hydrogen-bond acceptors (Lipinski definition) is 6. The number of rotatable bonds is 6. The van der Waals surface area contributed by atoms with E-state index in [1.54, 1.807) is 28.6 Å². The van der Waals surface area contributed by atoms with Crippen molar-refractivity contribution in [2.24, 2.45) is 5.92 Å². The molecule has 1 atom stereocenters. The van der Waals surface area contributed by atoms with Crippen LogP contribution in [0.15, 0.2) is 35.8 Å². The second kappa shape index (κ2) is 9.14. The Hall–Kier alpha value is -2.92. The van der Waals surface area contributed by atoms with E-state index in [0.717, 1.165) is 18.4 Å². The minimum absolute atomic E-state index is 0.0710. The Kier molecular flexibility index (Phi) is 6.39. The smallest absolute Gasteiger partial charge is 0.260 e. The first-order valence-electron chi connectivity index (χ1n) is 8.72. The molecule has 1 unspecified atom stereocenters. The number of nitrogens with one attached hydrogen (secondary N) is 1. The van der Waals surface area contributed by atoms with Crippen LogP contribution in [0, 0.1) is 17.2 Å². The molecule has 0 spiro atoms. The minimum atomic E-state index is -0.239. The van der Waals surface area contributed by atoms with Gasteiger partial charge < -0.3 is 15.0 Å². The predicted molar refractivity (Wildman–Crippen MR) is 101 cm³/mol. The number of nitrogens with zero attached hydrogens (tertiary/aromatic N) is 3. The lowest BCUT2D eigenvalue weighted by Gasteiger charge is -2.31. The van der Waals surface area contributed by atoms with Crippen LogP contribution in [0.5, 0.6) is 5.75 Å². The van der Waals surface area contributed by atoms with Gasteiger partial charge in [-0.1, -0.05) is 12.1 Å². The molecule has 1 fully saturated rings. The van der Waals surface area contributed by atoms with E-state index in [1.165, 1.54) is 11.3 Å². The molecule has 2 heterocycles. The molecule has 1 saturated heterocycles. The molecule has 0 aliphatic carbocycles. The number of hydrogen-bond donors (Lipinski definition) is 1. The Morgan fingerprint density at radius 1 is 1.37 bits per heavy atom. The zero-order valence-electron chi connectivity index (χ0n) is 14.8. The number of ether oxygens (including phenoxy) is 1. The molecule has 1 aliphatic rings. The van der Waals surface area contributed by atoms with Crippen LogP contribution in [0.3, 0.4) is 0 Å². The second-order valence-electron chi connectivity index (χ2n) is 6.27. The standard InChI is InChI=1S/C19H20N4O3S/c20-8-7-14-3-5-16(6-4-14)26-13-17(24)23-10-1-2-15(12-23)18(25)22-19-21-9-11-27-19/h3-6,9,11,15H,1-2,7,10,12-13H2,(H,21,22,25). The molecule has 1 aromatic heterocycles. The van der Waals surface area contributed by atoms with E-state index < -0.39 is 0 Å². The molecule has 2 aromatic rings. The number of aromatic nitrogens is 1. The highest BCUT2D eigenvalue weighted by atomic mass is 32.1. The number of piperidine rings is 1. The van der Waals surface area contributed by atoms with Crippen molar-refractivity contribution in [2.75, 3.05) is 25.0 Å². The third-order valence-corrected chi connectivity index (χ3v) is 5.06. The monoisotopic (exact) mass is 384 g/mol. The van der Waals surface area contributed by atoms with Crippen molar-refractivity contribution in [1.82, 2.24) is 9.88 Å². The maximum atomic E-state index is 12.4. The van der Waals surface area contributed by atoms with Gasteiger partial charge in [-0.05, 0) is 30.5 Å². The van der Waals surface area contributed by atoms with Gasteiger partial charge in [0.25, 0.3) is 5.91 Å². The van der Waals surface area contributed by atoms with Gasteiger partial charge in [0.2, 0.25) is 5.91 Å². The van der Waals surface area contributed by atoms with Crippen LogP contribution in [-0.2, 0) is 16.0 Å². The summed E-state index contributed by atoms with van der Waals surface area (Å²) >= 11 is 1.37. The molecule has 140 valence electrons. The molecule has 0 bridgehead atoms. The average Bonchev–Trinajstić information content (AvgIpc) is 3.20. The van der Waals surface area contributed by atoms with Crippen LogP contribution in [0.2, 0.25) is 0 Å². The number of likely N-dealkylation sites (tertiary alicyclic amines) is 1. The minimum Gasteiger partial charge on any atom is -0.484 e. The van der Waals surface area contributed by atoms with E-state index in [4.69, 9.17) is 10.00 Å². The van der Waals surface area contributed by atoms with Crippen LogP contribution in [0.1, 0.15) is 18.4 Å². The number of carbonyl (C=O) groups is 2. The maximum Gasteiger partial charge on any atom is 0.260 e. The molecule has 1 aliphatic heterocycles. The van der Waals surface area contributed by atoms with Crippen LogP contribution in [0.25, 0.3) is 0 Å². The summed E-state index contributed by atoms with van der Waals surface area (Å²) in [4.78, 5) is 30.5. The molecular formula is C19H20N4O3S. The lowest BCUT2D eigenvalue weighted by Crippen LogP contribution is -2.45. The maximum absolute atomic E-state index is 12.4. The Bertz CT molecular complexity index is 814. The summed E-state index contributed by atoms with van der Waals surface area (Å²) in [6, 6.07) is 9.20. The van der Waals surface area contributed by atoms with Gasteiger partial charge in [-0.2, -0.15) is 5.26 Å². The van der Waals surface area contributed by atoms with Gasteiger partial charge >= 0.3 is 0 Å². The first kappa shape index (κ1) is 18.9. The van der Waals surface area contributed by atoms with Crippen molar-refractivity contribution in [2.45, 2.75) is 19.3 Å². The van der Waals surface area contributed by atoms with E-state index >= 15 is 0 Å². The highest BCUT2D eigenvalue weighted by molar-refractivity contribution is 7.13. The number of thiazole rings is 1.